The summed E-state index contributed by atoms with van der Waals surface area (Å²) in [6.07, 6.45) is 0.993. The van der Waals surface area contributed by atoms with E-state index in [1.165, 1.54) is 17.5 Å². The Kier molecular flexibility index (Phi) is 6.19. The molecule has 0 radical (unpaired) electrons. The molecule has 3 rings (SSSR count). The van der Waals surface area contributed by atoms with Crippen molar-refractivity contribution in [2.45, 2.75) is 30.7 Å². The van der Waals surface area contributed by atoms with E-state index in [0.717, 1.165) is 0 Å². The van der Waals surface area contributed by atoms with E-state index in [1.54, 1.807) is 37.3 Å². The van der Waals surface area contributed by atoms with Crippen LogP contribution >= 0.6 is 23.2 Å². The number of benzene rings is 2. The third kappa shape index (κ3) is 3.98. The smallest absolute Gasteiger partial charge is 0.244 e. The Labute approximate surface area is 174 Å². The van der Waals surface area contributed by atoms with E-state index in [-0.39, 0.29) is 27.2 Å². The topological polar surface area (TPSA) is 75.7 Å². The van der Waals surface area contributed by atoms with Gasteiger partial charge in [0, 0.05) is 12.6 Å². The molecule has 0 aromatic heterocycles. The number of halogens is 2. The van der Waals surface area contributed by atoms with E-state index in [4.69, 9.17) is 27.9 Å². The number of para-hydroxylation sites is 1. The maximum absolute atomic E-state index is 13.3. The molecule has 1 aliphatic heterocycles. The normalized spacial score (nSPS) is 17.5. The van der Waals surface area contributed by atoms with Gasteiger partial charge < -0.3 is 10.1 Å². The van der Waals surface area contributed by atoms with Crippen LogP contribution in [-0.4, -0.2) is 38.3 Å². The summed E-state index contributed by atoms with van der Waals surface area (Å²) in [5, 5.41) is 3.26. The lowest BCUT2D eigenvalue weighted by atomic mass is 10.2. The van der Waals surface area contributed by atoms with E-state index >= 15 is 0 Å². The van der Waals surface area contributed by atoms with Gasteiger partial charge in [-0.1, -0.05) is 35.3 Å². The second-order valence-corrected chi connectivity index (χ2v) is 9.16. The average Bonchev–Trinajstić information content (AvgIpc) is 3.16. The molecule has 2 aromatic rings. The van der Waals surface area contributed by atoms with Crippen molar-refractivity contribution in [2.24, 2.45) is 0 Å². The van der Waals surface area contributed by atoms with Crippen molar-refractivity contribution < 1.29 is 17.9 Å². The number of rotatable bonds is 5. The van der Waals surface area contributed by atoms with E-state index in [1.807, 2.05) is 0 Å². The SMILES string of the molecule is COc1ccc(C)c(S(=O)(=O)N2CCCC2C(=O)Nc2c(Cl)cccc2Cl)c1. The molecule has 1 fully saturated rings. The number of amides is 1. The minimum absolute atomic E-state index is 0.127. The molecule has 1 amide bonds. The summed E-state index contributed by atoms with van der Waals surface area (Å²) in [4.78, 5) is 13.0. The third-order valence-corrected chi connectivity index (χ3v) is 7.38. The van der Waals surface area contributed by atoms with Crippen molar-refractivity contribution in [3.63, 3.8) is 0 Å². The summed E-state index contributed by atoms with van der Waals surface area (Å²) in [5.41, 5.74) is 0.860. The average molecular weight is 443 g/mol. The summed E-state index contributed by atoms with van der Waals surface area (Å²) in [7, 11) is -2.41. The van der Waals surface area contributed by atoms with Crippen molar-refractivity contribution in [2.75, 3.05) is 19.0 Å². The van der Waals surface area contributed by atoms with Gasteiger partial charge in [0.1, 0.15) is 11.8 Å². The minimum Gasteiger partial charge on any atom is -0.497 e. The van der Waals surface area contributed by atoms with E-state index in [2.05, 4.69) is 5.32 Å². The molecule has 0 spiro atoms. The highest BCUT2D eigenvalue weighted by atomic mass is 35.5. The summed E-state index contributed by atoms with van der Waals surface area (Å²) in [6, 6.07) is 8.88. The number of nitrogens with zero attached hydrogens (tertiary/aromatic N) is 1. The van der Waals surface area contributed by atoms with E-state index < -0.39 is 22.0 Å². The first-order chi connectivity index (χ1) is 13.3. The highest BCUT2D eigenvalue weighted by molar-refractivity contribution is 7.89. The van der Waals surface area contributed by atoms with Crippen molar-refractivity contribution in [3.8, 4) is 5.75 Å². The van der Waals surface area contributed by atoms with Gasteiger partial charge in [-0.2, -0.15) is 4.31 Å². The van der Waals surface area contributed by atoms with Crippen molar-refractivity contribution >= 4 is 44.8 Å². The molecule has 1 N–H and O–H groups in total. The molecule has 0 aliphatic carbocycles. The highest BCUT2D eigenvalue weighted by Gasteiger charge is 2.40. The van der Waals surface area contributed by atoms with Gasteiger partial charge in [-0.25, -0.2) is 8.42 Å². The number of carbonyl (C=O) groups excluding carboxylic acids is 1. The summed E-state index contributed by atoms with van der Waals surface area (Å²) < 4.78 is 32.9. The fourth-order valence-electron chi connectivity index (χ4n) is 3.23. The number of hydrogen-bond acceptors (Lipinski definition) is 4. The lowest BCUT2D eigenvalue weighted by Crippen LogP contribution is -2.43. The first-order valence-corrected chi connectivity index (χ1v) is 10.9. The lowest BCUT2D eigenvalue weighted by molar-refractivity contribution is -0.119. The molecular formula is C19H20Cl2N2O4S. The maximum Gasteiger partial charge on any atom is 0.244 e. The van der Waals surface area contributed by atoms with Crippen LogP contribution in [0.15, 0.2) is 41.3 Å². The fourth-order valence-corrected chi connectivity index (χ4v) is 5.62. The number of anilines is 1. The molecule has 9 heteroatoms. The predicted molar refractivity (Wildman–Crippen MR) is 110 cm³/mol. The van der Waals surface area contributed by atoms with Gasteiger partial charge in [-0.05, 0) is 43.5 Å². The largest absolute Gasteiger partial charge is 0.497 e. The number of sulfonamides is 1. The molecule has 1 aliphatic rings. The number of nitrogens with one attached hydrogen (secondary N) is 1. The number of ether oxygens (including phenoxy) is 1. The first-order valence-electron chi connectivity index (χ1n) is 8.67. The lowest BCUT2D eigenvalue weighted by Gasteiger charge is -2.24. The number of hydrogen-bond donors (Lipinski definition) is 1. The number of aryl methyl sites for hydroxylation is 1. The highest BCUT2D eigenvalue weighted by Crippen LogP contribution is 2.33. The second-order valence-electron chi connectivity index (χ2n) is 6.49. The number of methoxy groups -OCH3 is 1. The Balaban J connectivity index is 1.91. The summed E-state index contributed by atoms with van der Waals surface area (Å²) >= 11 is 12.2. The van der Waals surface area contributed by atoms with E-state index in [9.17, 15) is 13.2 Å². The first kappa shape index (κ1) is 20.9. The van der Waals surface area contributed by atoms with Crippen LogP contribution in [0.25, 0.3) is 0 Å². The van der Waals surface area contributed by atoms with Gasteiger partial charge in [-0.15, -0.1) is 0 Å². The zero-order chi connectivity index (χ0) is 20.5. The second kappa shape index (κ2) is 8.29. The third-order valence-electron chi connectivity index (χ3n) is 4.70. The molecule has 0 saturated carbocycles. The summed E-state index contributed by atoms with van der Waals surface area (Å²) in [6.45, 7) is 1.97. The Morgan fingerprint density at radius 2 is 1.89 bits per heavy atom. The quantitative estimate of drug-likeness (QED) is 0.755. The molecular weight excluding hydrogens is 423 g/mol. The van der Waals surface area contributed by atoms with Crippen molar-refractivity contribution in [1.29, 1.82) is 0 Å². The van der Waals surface area contributed by atoms with Crippen LogP contribution in [0, 0.1) is 6.92 Å². The van der Waals surface area contributed by atoms with Crippen LogP contribution in [-0.2, 0) is 14.8 Å². The Morgan fingerprint density at radius 1 is 1.21 bits per heavy atom. The van der Waals surface area contributed by atoms with Gasteiger partial charge in [-0.3, -0.25) is 4.79 Å². The molecule has 1 atom stereocenters. The molecule has 0 bridgehead atoms. The van der Waals surface area contributed by atoms with Crippen LogP contribution in [0.4, 0.5) is 5.69 Å². The maximum atomic E-state index is 13.3. The van der Waals surface area contributed by atoms with Gasteiger partial charge in [0.15, 0.2) is 0 Å². The monoisotopic (exact) mass is 442 g/mol. The molecule has 6 nitrogen and oxygen atoms in total. The fraction of sp³-hybridized carbons (Fsp3) is 0.316. The molecule has 150 valence electrons. The van der Waals surface area contributed by atoms with Gasteiger partial charge in [0.05, 0.1) is 27.7 Å². The number of carbonyl (C=O) groups is 1. The summed E-state index contributed by atoms with van der Waals surface area (Å²) in [5.74, 6) is -0.0242. The van der Waals surface area contributed by atoms with Crippen molar-refractivity contribution in [3.05, 3.63) is 52.0 Å². The van der Waals surface area contributed by atoms with Crippen LogP contribution in [0.3, 0.4) is 0 Å². The van der Waals surface area contributed by atoms with Crippen molar-refractivity contribution in [1.82, 2.24) is 4.31 Å². The minimum atomic E-state index is -3.88. The van der Waals surface area contributed by atoms with Crippen LogP contribution in [0.1, 0.15) is 18.4 Å². The molecule has 1 saturated heterocycles. The standard InChI is InChI=1S/C19H20Cl2N2O4S/c1-12-8-9-13(27-2)11-17(12)28(25,26)23-10-4-7-16(23)19(24)22-18-14(20)5-3-6-15(18)21/h3,5-6,8-9,11,16H,4,7,10H2,1-2H3,(H,22,24). The molecule has 1 unspecified atom stereocenters. The molecule has 28 heavy (non-hydrogen) atoms. The van der Waals surface area contributed by atoms with Gasteiger partial charge in [0.2, 0.25) is 15.9 Å². The van der Waals surface area contributed by atoms with Crippen LogP contribution < -0.4 is 10.1 Å². The van der Waals surface area contributed by atoms with E-state index in [0.29, 0.717) is 24.2 Å². The zero-order valence-corrected chi connectivity index (χ0v) is 17.7. The van der Waals surface area contributed by atoms with Gasteiger partial charge in [0.25, 0.3) is 0 Å². The Morgan fingerprint density at radius 3 is 2.54 bits per heavy atom. The molecule has 1 heterocycles. The van der Waals surface area contributed by atoms with Gasteiger partial charge >= 0.3 is 0 Å². The Bertz CT molecular complexity index is 991. The Hall–Kier alpha value is -1.80. The van der Waals surface area contributed by atoms with Crippen LogP contribution in [0.2, 0.25) is 10.0 Å². The van der Waals surface area contributed by atoms with Crippen LogP contribution in [0.5, 0.6) is 5.75 Å². The predicted octanol–water partition coefficient (Wildman–Crippen LogP) is 4.10. The zero-order valence-electron chi connectivity index (χ0n) is 15.4. The molecule has 2 aromatic carbocycles.